The fourth-order valence-corrected chi connectivity index (χ4v) is 5.25. The SMILES string of the molecule is COCc1cccc(CN2CCC(N3C(=O)Nc4ccccc4C3c3ccccc3)CC2)c1.Cl. The largest absolute Gasteiger partial charge is 0.380 e. The van der Waals surface area contributed by atoms with Gasteiger partial charge in [-0.15, -0.1) is 12.4 Å². The number of likely N-dealkylation sites (tertiary alicyclic amines) is 1. The van der Waals surface area contributed by atoms with Gasteiger partial charge in [0.2, 0.25) is 0 Å². The number of amides is 2. The first-order valence-corrected chi connectivity index (χ1v) is 11.8. The molecule has 1 unspecified atom stereocenters. The lowest BCUT2D eigenvalue weighted by molar-refractivity contribution is 0.105. The topological polar surface area (TPSA) is 44.8 Å². The zero-order valence-corrected chi connectivity index (χ0v) is 20.3. The van der Waals surface area contributed by atoms with Crippen LogP contribution in [0.15, 0.2) is 78.9 Å². The standard InChI is InChI=1S/C28H31N3O2.ClH/c1-33-20-22-9-7-8-21(18-22)19-30-16-14-24(15-17-30)31-27(23-10-3-2-4-11-23)25-12-5-6-13-26(25)29-28(31)32;/h2-13,18,24,27H,14-17,19-20H2,1H3,(H,29,32);1H. The molecule has 0 aliphatic carbocycles. The lowest BCUT2D eigenvalue weighted by Gasteiger charge is -2.45. The number of carbonyl (C=O) groups excluding carboxylic acids is 1. The molecule has 1 saturated heterocycles. The molecule has 5 nitrogen and oxygen atoms in total. The number of hydrogen-bond acceptors (Lipinski definition) is 3. The van der Waals surface area contributed by atoms with E-state index in [-0.39, 0.29) is 30.5 Å². The molecule has 0 spiro atoms. The van der Waals surface area contributed by atoms with Crippen molar-refractivity contribution in [2.24, 2.45) is 0 Å². The summed E-state index contributed by atoms with van der Waals surface area (Å²) in [5.74, 6) is 0. The lowest BCUT2D eigenvalue weighted by Crippen LogP contribution is -2.52. The van der Waals surface area contributed by atoms with Crippen LogP contribution >= 0.6 is 12.4 Å². The maximum atomic E-state index is 13.3. The molecule has 1 fully saturated rings. The molecule has 5 rings (SSSR count). The quantitative estimate of drug-likeness (QED) is 0.484. The number of nitrogens with one attached hydrogen (secondary N) is 1. The molecule has 2 heterocycles. The third-order valence-electron chi connectivity index (χ3n) is 6.78. The van der Waals surface area contributed by atoms with Crippen LogP contribution in [0.4, 0.5) is 10.5 Å². The first-order chi connectivity index (χ1) is 16.2. The van der Waals surface area contributed by atoms with Crippen LogP contribution in [-0.2, 0) is 17.9 Å². The Kier molecular flexibility index (Phi) is 7.88. The zero-order chi connectivity index (χ0) is 22.6. The van der Waals surface area contributed by atoms with E-state index in [2.05, 4.69) is 75.8 Å². The van der Waals surface area contributed by atoms with E-state index in [1.54, 1.807) is 7.11 Å². The third-order valence-corrected chi connectivity index (χ3v) is 6.78. The lowest BCUT2D eigenvalue weighted by atomic mass is 9.90. The first kappa shape index (κ1) is 24.3. The van der Waals surface area contributed by atoms with Crippen LogP contribution in [0.2, 0.25) is 0 Å². The highest BCUT2D eigenvalue weighted by molar-refractivity contribution is 5.93. The van der Waals surface area contributed by atoms with Crippen molar-refractivity contribution < 1.29 is 9.53 Å². The highest BCUT2D eigenvalue weighted by Gasteiger charge is 2.38. The van der Waals surface area contributed by atoms with Gasteiger partial charge in [0.05, 0.1) is 12.6 Å². The van der Waals surface area contributed by atoms with E-state index in [4.69, 9.17) is 4.74 Å². The van der Waals surface area contributed by atoms with E-state index in [0.29, 0.717) is 6.61 Å². The second kappa shape index (κ2) is 11.0. The fraction of sp³-hybridized carbons (Fsp3) is 0.321. The number of urea groups is 1. The van der Waals surface area contributed by atoms with Crippen LogP contribution in [0.5, 0.6) is 0 Å². The number of anilines is 1. The van der Waals surface area contributed by atoms with Crippen molar-refractivity contribution in [2.75, 3.05) is 25.5 Å². The van der Waals surface area contributed by atoms with Gasteiger partial charge in [0.1, 0.15) is 0 Å². The molecule has 178 valence electrons. The number of rotatable bonds is 6. The number of methoxy groups -OCH3 is 1. The van der Waals surface area contributed by atoms with Gasteiger partial charge in [-0.05, 0) is 35.6 Å². The van der Waals surface area contributed by atoms with Crippen LogP contribution < -0.4 is 5.32 Å². The first-order valence-electron chi connectivity index (χ1n) is 11.8. The number of piperidine rings is 1. The summed E-state index contributed by atoms with van der Waals surface area (Å²) >= 11 is 0. The van der Waals surface area contributed by atoms with Crippen molar-refractivity contribution in [1.82, 2.24) is 9.80 Å². The van der Waals surface area contributed by atoms with Gasteiger partial charge in [-0.3, -0.25) is 4.90 Å². The number of benzene rings is 3. The van der Waals surface area contributed by atoms with E-state index in [9.17, 15) is 4.79 Å². The number of ether oxygens (including phenoxy) is 1. The van der Waals surface area contributed by atoms with E-state index >= 15 is 0 Å². The number of hydrogen-bond donors (Lipinski definition) is 1. The summed E-state index contributed by atoms with van der Waals surface area (Å²) < 4.78 is 5.28. The highest BCUT2D eigenvalue weighted by Crippen LogP contribution is 2.40. The molecule has 2 aliphatic rings. The molecule has 34 heavy (non-hydrogen) atoms. The molecule has 1 atom stereocenters. The van der Waals surface area contributed by atoms with Crippen molar-refractivity contribution in [3.63, 3.8) is 0 Å². The van der Waals surface area contributed by atoms with E-state index in [1.165, 1.54) is 16.7 Å². The average molecular weight is 478 g/mol. The molecular formula is C28H32ClN3O2. The second-order valence-corrected chi connectivity index (χ2v) is 9.00. The highest BCUT2D eigenvalue weighted by atomic mass is 35.5. The molecule has 2 amide bonds. The van der Waals surface area contributed by atoms with Gasteiger partial charge >= 0.3 is 6.03 Å². The number of nitrogens with zero attached hydrogens (tertiary/aromatic N) is 2. The number of halogens is 1. The molecule has 3 aromatic carbocycles. The van der Waals surface area contributed by atoms with Crippen LogP contribution in [0.1, 0.15) is 41.1 Å². The Morgan fingerprint density at radius 2 is 1.62 bits per heavy atom. The Morgan fingerprint density at radius 1 is 0.912 bits per heavy atom. The number of para-hydroxylation sites is 1. The van der Waals surface area contributed by atoms with Crippen molar-refractivity contribution in [3.8, 4) is 0 Å². The van der Waals surface area contributed by atoms with Crippen LogP contribution in [0.25, 0.3) is 0 Å². The maximum Gasteiger partial charge on any atom is 0.322 e. The van der Waals surface area contributed by atoms with Gasteiger partial charge in [-0.1, -0.05) is 72.8 Å². The Labute approximate surface area is 208 Å². The van der Waals surface area contributed by atoms with Gasteiger partial charge < -0.3 is 15.0 Å². The molecule has 0 aromatic heterocycles. The average Bonchev–Trinajstić information content (AvgIpc) is 2.85. The Balaban J connectivity index is 0.00000274. The van der Waals surface area contributed by atoms with E-state index in [0.717, 1.165) is 43.7 Å². The molecule has 2 aliphatic heterocycles. The predicted octanol–water partition coefficient (Wildman–Crippen LogP) is 5.86. The van der Waals surface area contributed by atoms with Crippen LogP contribution in [0, 0.1) is 0 Å². The normalized spacial score (nSPS) is 18.7. The molecule has 0 saturated carbocycles. The third kappa shape index (κ3) is 5.12. The molecular weight excluding hydrogens is 446 g/mol. The Hall–Kier alpha value is -2.86. The predicted molar refractivity (Wildman–Crippen MR) is 138 cm³/mol. The Bertz CT molecular complexity index is 1100. The van der Waals surface area contributed by atoms with Crippen molar-refractivity contribution in [3.05, 3.63) is 101 Å². The monoisotopic (exact) mass is 477 g/mol. The molecule has 1 N–H and O–H groups in total. The summed E-state index contributed by atoms with van der Waals surface area (Å²) in [4.78, 5) is 17.9. The molecule has 0 radical (unpaired) electrons. The number of carbonyl (C=O) groups is 1. The fourth-order valence-electron chi connectivity index (χ4n) is 5.25. The summed E-state index contributed by atoms with van der Waals surface area (Å²) in [5, 5.41) is 3.14. The zero-order valence-electron chi connectivity index (χ0n) is 19.5. The maximum absolute atomic E-state index is 13.3. The van der Waals surface area contributed by atoms with Crippen LogP contribution in [0.3, 0.4) is 0 Å². The van der Waals surface area contributed by atoms with Gasteiger partial charge in [-0.25, -0.2) is 4.79 Å². The molecule has 6 heteroatoms. The second-order valence-electron chi connectivity index (χ2n) is 9.00. The van der Waals surface area contributed by atoms with Gasteiger partial charge in [0, 0.05) is 44.0 Å². The number of fused-ring (bicyclic) bond motifs is 1. The van der Waals surface area contributed by atoms with Gasteiger partial charge in [0.25, 0.3) is 0 Å². The minimum absolute atomic E-state index is 0. The Morgan fingerprint density at radius 3 is 2.38 bits per heavy atom. The summed E-state index contributed by atoms with van der Waals surface area (Å²) in [6, 6.07) is 27.4. The molecule has 0 bridgehead atoms. The minimum Gasteiger partial charge on any atom is -0.380 e. The molecule has 3 aromatic rings. The summed E-state index contributed by atoms with van der Waals surface area (Å²) in [6.07, 6.45) is 1.94. The van der Waals surface area contributed by atoms with E-state index < -0.39 is 0 Å². The van der Waals surface area contributed by atoms with Gasteiger partial charge in [-0.2, -0.15) is 0 Å². The summed E-state index contributed by atoms with van der Waals surface area (Å²) in [7, 11) is 1.73. The van der Waals surface area contributed by atoms with Gasteiger partial charge in [0.15, 0.2) is 0 Å². The van der Waals surface area contributed by atoms with Crippen molar-refractivity contribution in [1.29, 1.82) is 0 Å². The van der Waals surface area contributed by atoms with Crippen molar-refractivity contribution in [2.45, 2.75) is 38.1 Å². The van der Waals surface area contributed by atoms with Crippen molar-refractivity contribution >= 4 is 24.1 Å². The summed E-state index contributed by atoms with van der Waals surface area (Å²) in [6.45, 7) is 3.53. The van der Waals surface area contributed by atoms with Crippen LogP contribution in [-0.4, -0.2) is 42.1 Å². The summed E-state index contributed by atoms with van der Waals surface area (Å²) in [5.41, 5.74) is 5.77. The van der Waals surface area contributed by atoms with E-state index in [1.807, 2.05) is 18.2 Å². The minimum atomic E-state index is -0.0570. The smallest absolute Gasteiger partial charge is 0.322 e.